The second-order valence-corrected chi connectivity index (χ2v) is 4.74. The molecule has 0 amide bonds. The first kappa shape index (κ1) is 12.3. The van der Waals surface area contributed by atoms with Crippen LogP contribution < -0.4 is 0 Å². The molecule has 0 aromatic heterocycles. The minimum absolute atomic E-state index is 0.232. The minimum Gasteiger partial charge on any atom is -0.281 e. The number of aryl methyl sites for hydroxylation is 1. The Morgan fingerprint density at radius 2 is 1.80 bits per heavy atom. The molecule has 1 aromatic carbocycles. The Labute approximate surface area is 96.5 Å². The van der Waals surface area contributed by atoms with Crippen molar-refractivity contribution < 1.29 is 4.79 Å². The van der Waals surface area contributed by atoms with Crippen LogP contribution in [0.25, 0.3) is 0 Å². The van der Waals surface area contributed by atoms with Gasteiger partial charge in [-0.25, -0.2) is 0 Å². The summed E-state index contributed by atoms with van der Waals surface area (Å²) in [6, 6.07) is 8.31. The van der Waals surface area contributed by atoms with E-state index in [2.05, 4.69) is 45.0 Å². The zero-order valence-electron chi connectivity index (χ0n) is 9.46. The summed E-state index contributed by atoms with van der Waals surface area (Å²) in [5.41, 5.74) is 2.43. The van der Waals surface area contributed by atoms with E-state index in [0.29, 0.717) is 12.3 Å². The molecular formula is C13H17ClO. The zero-order valence-corrected chi connectivity index (χ0v) is 10.2. The number of halogens is 1. The Balaban J connectivity index is 2.88. The SMILES string of the molecule is Cc1ccc(C(CC(=O)Cl)C(C)C)cc1. The van der Waals surface area contributed by atoms with Crippen molar-refractivity contribution in [2.45, 2.75) is 33.1 Å². The summed E-state index contributed by atoms with van der Waals surface area (Å²) in [5, 5.41) is -0.255. The number of rotatable bonds is 4. The van der Waals surface area contributed by atoms with Crippen molar-refractivity contribution in [1.29, 1.82) is 0 Å². The largest absolute Gasteiger partial charge is 0.281 e. The summed E-state index contributed by atoms with van der Waals surface area (Å²) in [7, 11) is 0. The van der Waals surface area contributed by atoms with E-state index in [1.807, 2.05) is 0 Å². The average Bonchev–Trinajstić information content (AvgIpc) is 2.15. The molecule has 0 heterocycles. The molecule has 0 N–H and O–H groups in total. The first-order valence-corrected chi connectivity index (χ1v) is 5.63. The Hall–Kier alpha value is -0.820. The van der Waals surface area contributed by atoms with Gasteiger partial charge in [0, 0.05) is 6.42 Å². The fraction of sp³-hybridized carbons (Fsp3) is 0.462. The summed E-state index contributed by atoms with van der Waals surface area (Å²) in [5.74, 6) is 0.658. The van der Waals surface area contributed by atoms with Crippen molar-refractivity contribution >= 4 is 16.8 Å². The van der Waals surface area contributed by atoms with Crippen molar-refractivity contribution in [3.8, 4) is 0 Å². The van der Waals surface area contributed by atoms with Crippen molar-refractivity contribution in [3.63, 3.8) is 0 Å². The van der Waals surface area contributed by atoms with Crippen LogP contribution in [0.15, 0.2) is 24.3 Å². The third-order valence-electron chi connectivity index (χ3n) is 2.69. The molecular weight excluding hydrogens is 208 g/mol. The molecule has 0 saturated heterocycles. The summed E-state index contributed by atoms with van der Waals surface area (Å²) in [6.07, 6.45) is 0.419. The third-order valence-corrected chi connectivity index (χ3v) is 2.84. The maximum Gasteiger partial charge on any atom is 0.222 e. The summed E-state index contributed by atoms with van der Waals surface area (Å²) in [4.78, 5) is 11.0. The van der Waals surface area contributed by atoms with Crippen LogP contribution in [0.3, 0.4) is 0 Å². The van der Waals surface area contributed by atoms with Gasteiger partial charge in [0.05, 0.1) is 0 Å². The second kappa shape index (κ2) is 5.32. The van der Waals surface area contributed by atoms with E-state index in [0.717, 1.165) is 0 Å². The van der Waals surface area contributed by atoms with Gasteiger partial charge in [-0.1, -0.05) is 43.7 Å². The summed E-state index contributed by atoms with van der Waals surface area (Å²) >= 11 is 5.46. The normalized spacial score (nSPS) is 12.9. The first-order valence-electron chi connectivity index (χ1n) is 5.25. The zero-order chi connectivity index (χ0) is 11.4. The van der Waals surface area contributed by atoms with E-state index in [1.165, 1.54) is 11.1 Å². The van der Waals surface area contributed by atoms with Gasteiger partial charge in [0.1, 0.15) is 0 Å². The van der Waals surface area contributed by atoms with Gasteiger partial charge in [-0.2, -0.15) is 0 Å². The predicted octanol–water partition coefficient (Wildman–Crippen LogP) is 3.89. The van der Waals surface area contributed by atoms with Gasteiger partial charge in [-0.15, -0.1) is 0 Å². The molecule has 0 radical (unpaired) electrons. The molecule has 0 aliphatic carbocycles. The van der Waals surface area contributed by atoms with Gasteiger partial charge >= 0.3 is 0 Å². The lowest BCUT2D eigenvalue weighted by Crippen LogP contribution is -2.09. The fourth-order valence-corrected chi connectivity index (χ4v) is 1.89. The van der Waals surface area contributed by atoms with Crippen LogP contribution >= 0.6 is 11.6 Å². The number of hydrogen-bond donors (Lipinski definition) is 0. The van der Waals surface area contributed by atoms with Crippen LogP contribution in [0.2, 0.25) is 0 Å². The van der Waals surface area contributed by atoms with Crippen LogP contribution in [0, 0.1) is 12.8 Å². The topological polar surface area (TPSA) is 17.1 Å². The number of benzene rings is 1. The van der Waals surface area contributed by atoms with E-state index in [-0.39, 0.29) is 11.2 Å². The quantitative estimate of drug-likeness (QED) is 0.710. The Morgan fingerprint density at radius 3 is 2.20 bits per heavy atom. The van der Waals surface area contributed by atoms with E-state index in [4.69, 9.17) is 11.6 Å². The van der Waals surface area contributed by atoms with Gasteiger partial charge in [-0.3, -0.25) is 4.79 Å². The van der Waals surface area contributed by atoms with Crippen molar-refractivity contribution in [2.24, 2.45) is 5.92 Å². The molecule has 1 nitrogen and oxygen atoms in total. The maximum absolute atomic E-state index is 11.0. The van der Waals surface area contributed by atoms with Gasteiger partial charge in [0.25, 0.3) is 0 Å². The molecule has 1 atom stereocenters. The highest BCUT2D eigenvalue weighted by Gasteiger charge is 2.18. The van der Waals surface area contributed by atoms with Crippen LogP contribution in [0.5, 0.6) is 0 Å². The van der Waals surface area contributed by atoms with Gasteiger partial charge < -0.3 is 0 Å². The molecule has 82 valence electrons. The van der Waals surface area contributed by atoms with Crippen molar-refractivity contribution in [1.82, 2.24) is 0 Å². The summed E-state index contributed by atoms with van der Waals surface area (Å²) in [6.45, 7) is 6.29. The maximum atomic E-state index is 11.0. The fourth-order valence-electron chi connectivity index (χ4n) is 1.72. The molecule has 0 fully saturated rings. The Morgan fingerprint density at radius 1 is 1.27 bits per heavy atom. The molecule has 1 aromatic rings. The number of carbonyl (C=O) groups excluding carboxylic acids is 1. The lowest BCUT2D eigenvalue weighted by molar-refractivity contribution is -0.112. The highest BCUT2D eigenvalue weighted by molar-refractivity contribution is 6.63. The summed E-state index contributed by atoms with van der Waals surface area (Å²) < 4.78 is 0. The number of carbonyl (C=O) groups is 1. The highest BCUT2D eigenvalue weighted by Crippen LogP contribution is 2.28. The predicted molar refractivity (Wildman–Crippen MR) is 64.2 cm³/mol. The Kier molecular flexibility index (Phi) is 4.34. The standard InChI is InChI=1S/C13H17ClO/c1-9(2)12(8-13(14)15)11-6-4-10(3)5-7-11/h4-7,9,12H,8H2,1-3H3. The monoisotopic (exact) mass is 224 g/mol. The van der Waals surface area contributed by atoms with E-state index in [9.17, 15) is 4.79 Å². The third kappa shape index (κ3) is 3.67. The second-order valence-electron chi connectivity index (χ2n) is 4.32. The van der Waals surface area contributed by atoms with Crippen LogP contribution in [-0.4, -0.2) is 5.24 Å². The molecule has 0 saturated carbocycles. The van der Waals surface area contributed by atoms with E-state index < -0.39 is 0 Å². The molecule has 0 aliphatic heterocycles. The van der Waals surface area contributed by atoms with E-state index in [1.54, 1.807) is 0 Å². The van der Waals surface area contributed by atoms with Crippen LogP contribution in [-0.2, 0) is 4.79 Å². The smallest absolute Gasteiger partial charge is 0.222 e. The molecule has 1 rings (SSSR count). The van der Waals surface area contributed by atoms with E-state index >= 15 is 0 Å². The molecule has 0 spiro atoms. The van der Waals surface area contributed by atoms with Gasteiger partial charge in [-0.05, 0) is 35.9 Å². The molecule has 0 aliphatic rings. The first-order chi connectivity index (χ1) is 7.00. The molecule has 2 heteroatoms. The van der Waals surface area contributed by atoms with Gasteiger partial charge in [0.2, 0.25) is 5.24 Å². The minimum atomic E-state index is -0.255. The average molecular weight is 225 g/mol. The number of hydrogen-bond acceptors (Lipinski definition) is 1. The lowest BCUT2D eigenvalue weighted by Gasteiger charge is -2.19. The Bertz CT molecular complexity index is 327. The lowest BCUT2D eigenvalue weighted by atomic mass is 9.86. The molecule has 15 heavy (non-hydrogen) atoms. The van der Waals surface area contributed by atoms with Crippen molar-refractivity contribution in [2.75, 3.05) is 0 Å². The molecule has 1 unspecified atom stereocenters. The van der Waals surface area contributed by atoms with Crippen LogP contribution in [0.1, 0.15) is 37.3 Å². The van der Waals surface area contributed by atoms with Crippen LogP contribution in [0.4, 0.5) is 0 Å². The van der Waals surface area contributed by atoms with Gasteiger partial charge in [0.15, 0.2) is 0 Å². The van der Waals surface area contributed by atoms with Crippen molar-refractivity contribution in [3.05, 3.63) is 35.4 Å². The molecule has 0 bridgehead atoms. The highest BCUT2D eigenvalue weighted by atomic mass is 35.5.